The largest absolute Gasteiger partial charge is 0.317 e. The first kappa shape index (κ1) is 14.8. The van der Waals surface area contributed by atoms with Gasteiger partial charge < -0.3 is 4.52 Å². The summed E-state index contributed by atoms with van der Waals surface area (Å²) in [4.78, 5) is 0. The lowest BCUT2D eigenvalue weighted by Gasteiger charge is -2.45. The molecule has 2 rings (SSSR count). The summed E-state index contributed by atoms with van der Waals surface area (Å²) in [5, 5.41) is 0. The first-order valence-electron chi connectivity index (χ1n) is 6.93. The highest BCUT2D eigenvalue weighted by molar-refractivity contribution is 7.57. The molecule has 0 saturated carbocycles. The van der Waals surface area contributed by atoms with Gasteiger partial charge in [0.05, 0.1) is 12.3 Å². The molecule has 106 valence electrons. The van der Waals surface area contributed by atoms with Crippen LogP contribution in [0.15, 0.2) is 30.3 Å². The molecule has 0 aliphatic carbocycles. The van der Waals surface area contributed by atoms with Gasteiger partial charge in [0, 0.05) is 12.1 Å². The van der Waals surface area contributed by atoms with Crippen molar-refractivity contribution in [2.45, 2.75) is 45.3 Å². The summed E-state index contributed by atoms with van der Waals surface area (Å²) < 4.78 is 21.3. The van der Waals surface area contributed by atoms with Gasteiger partial charge in [0.1, 0.15) is 0 Å². The second-order valence-electron chi connectivity index (χ2n) is 6.13. The fraction of sp³-hybridized carbons (Fsp3) is 0.600. The first-order valence-corrected chi connectivity index (χ1v) is 8.58. The standard InChI is InChI=1S/C15H24NO2P/c1-13(14-9-6-5-7-10-14)19(17)16(15(2,3)4)11-8-12-18-19/h5-7,9-10,13H,8,11-12H2,1-4H3/t13-,19?/m1/s1. The van der Waals surface area contributed by atoms with Crippen LogP contribution in [0.1, 0.15) is 45.3 Å². The zero-order valence-electron chi connectivity index (χ0n) is 12.3. The third-order valence-corrected chi connectivity index (χ3v) is 6.98. The van der Waals surface area contributed by atoms with Crippen LogP contribution in [0, 0.1) is 0 Å². The third-order valence-electron chi connectivity index (χ3n) is 3.67. The lowest BCUT2D eigenvalue weighted by molar-refractivity contribution is 0.141. The summed E-state index contributed by atoms with van der Waals surface area (Å²) in [7, 11) is -2.82. The summed E-state index contributed by atoms with van der Waals surface area (Å²) in [5.41, 5.74) is 0.856. The van der Waals surface area contributed by atoms with E-state index in [4.69, 9.17) is 4.52 Å². The maximum absolute atomic E-state index is 13.4. The minimum absolute atomic E-state index is 0.0896. The highest BCUT2D eigenvalue weighted by Gasteiger charge is 2.45. The van der Waals surface area contributed by atoms with Crippen molar-refractivity contribution >= 4 is 7.52 Å². The van der Waals surface area contributed by atoms with E-state index in [0.29, 0.717) is 6.61 Å². The monoisotopic (exact) mass is 281 g/mol. The predicted molar refractivity (Wildman–Crippen MR) is 79.5 cm³/mol. The fourth-order valence-corrected chi connectivity index (χ4v) is 5.59. The van der Waals surface area contributed by atoms with Gasteiger partial charge >= 0.3 is 0 Å². The average Bonchev–Trinajstić information content (AvgIpc) is 2.38. The highest BCUT2D eigenvalue weighted by Crippen LogP contribution is 2.66. The van der Waals surface area contributed by atoms with Crippen LogP contribution in [0.4, 0.5) is 0 Å². The molecule has 19 heavy (non-hydrogen) atoms. The third kappa shape index (κ3) is 2.94. The minimum atomic E-state index is -2.82. The van der Waals surface area contributed by atoms with Crippen molar-refractivity contribution in [1.29, 1.82) is 0 Å². The SMILES string of the molecule is C[C@H](c1ccccc1)P1(=O)OCCCN1C(C)(C)C. The summed E-state index contributed by atoms with van der Waals surface area (Å²) in [6, 6.07) is 10.0. The van der Waals surface area contributed by atoms with E-state index in [-0.39, 0.29) is 11.2 Å². The van der Waals surface area contributed by atoms with Crippen molar-refractivity contribution in [3.63, 3.8) is 0 Å². The molecule has 1 aliphatic rings. The van der Waals surface area contributed by atoms with Crippen molar-refractivity contribution < 1.29 is 9.09 Å². The molecule has 1 unspecified atom stereocenters. The molecule has 1 fully saturated rings. The second-order valence-corrected chi connectivity index (χ2v) is 8.78. The normalized spacial score (nSPS) is 27.2. The van der Waals surface area contributed by atoms with Crippen LogP contribution < -0.4 is 0 Å². The maximum Gasteiger partial charge on any atom is 0.279 e. The quantitative estimate of drug-likeness (QED) is 0.749. The van der Waals surface area contributed by atoms with Crippen molar-refractivity contribution in [1.82, 2.24) is 4.67 Å². The van der Waals surface area contributed by atoms with E-state index in [0.717, 1.165) is 18.5 Å². The van der Waals surface area contributed by atoms with Gasteiger partial charge in [0.2, 0.25) is 0 Å². The van der Waals surface area contributed by atoms with E-state index in [9.17, 15) is 4.57 Å². The lowest BCUT2D eigenvalue weighted by Crippen LogP contribution is -2.43. The number of hydrogen-bond acceptors (Lipinski definition) is 2. The van der Waals surface area contributed by atoms with E-state index in [1.54, 1.807) is 0 Å². The minimum Gasteiger partial charge on any atom is -0.317 e. The molecule has 1 saturated heterocycles. The topological polar surface area (TPSA) is 29.5 Å². The summed E-state index contributed by atoms with van der Waals surface area (Å²) in [6.07, 6.45) is 0.947. The lowest BCUT2D eigenvalue weighted by atomic mass is 10.1. The maximum atomic E-state index is 13.4. The Hall–Kier alpha value is -0.630. The Morgan fingerprint density at radius 3 is 2.47 bits per heavy atom. The zero-order valence-corrected chi connectivity index (χ0v) is 13.2. The van der Waals surface area contributed by atoms with Crippen LogP contribution in [-0.4, -0.2) is 23.4 Å². The molecule has 2 atom stereocenters. The van der Waals surface area contributed by atoms with Crippen LogP contribution in [0.2, 0.25) is 0 Å². The van der Waals surface area contributed by atoms with Crippen molar-refractivity contribution in [2.75, 3.05) is 13.2 Å². The number of benzene rings is 1. The molecule has 1 aromatic rings. The molecular formula is C15H24NO2P. The Kier molecular flexibility index (Phi) is 4.20. The molecule has 1 heterocycles. The Balaban J connectivity index is 2.36. The van der Waals surface area contributed by atoms with Gasteiger partial charge in [-0.1, -0.05) is 30.3 Å². The highest BCUT2D eigenvalue weighted by atomic mass is 31.2. The van der Waals surface area contributed by atoms with Gasteiger partial charge in [-0.15, -0.1) is 0 Å². The van der Waals surface area contributed by atoms with Crippen molar-refractivity contribution in [2.24, 2.45) is 0 Å². The summed E-state index contributed by atoms with van der Waals surface area (Å²) >= 11 is 0. The van der Waals surface area contributed by atoms with Gasteiger partial charge in [0.15, 0.2) is 0 Å². The molecule has 0 N–H and O–H groups in total. The molecule has 1 aromatic carbocycles. The molecular weight excluding hydrogens is 257 g/mol. The van der Waals surface area contributed by atoms with E-state index in [1.807, 2.05) is 37.3 Å². The van der Waals surface area contributed by atoms with Crippen LogP contribution in [0.3, 0.4) is 0 Å². The van der Waals surface area contributed by atoms with Gasteiger partial charge in [0.25, 0.3) is 7.52 Å². The van der Waals surface area contributed by atoms with E-state index in [1.165, 1.54) is 0 Å². The molecule has 1 aliphatic heterocycles. The molecule has 0 bridgehead atoms. The molecule has 0 amide bonds. The van der Waals surface area contributed by atoms with Crippen molar-refractivity contribution in [3.8, 4) is 0 Å². The van der Waals surface area contributed by atoms with Gasteiger partial charge in [-0.05, 0) is 39.7 Å². The first-order chi connectivity index (χ1) is 8.86. The van der Waals surface area contributed by atoms with Gasteiger partial charge in [-0.3, -0.25) is 4.57 Å². The van der Waals surface area contributed by atoms with Crippen LogP contribution >= 0.6 is 7.52 Å². The Labute approximate surface area is 116 Å². The molecule has 0 aromatic heterocycles. The second kappa shape index (κ2) is 5.40. The van der Waals surface area contributed by atoms with Gasteiger partial charge in [-0.2, -0.15) is 0 Å². The number of hydrogen-bond donors (Lipinski definition) is 0. The van der Waals surface area contributed by atoms with Crippen LogP contribution in [-0.2, 0) is 9.09 Å². The van der Waals surface area contributed by atoms with Crippen molar-refractivity contribution in [3.05, 3.63) is 35.9 Å². The van der Waals surface area contributed by atoms with Crippen LogP contribution in [0.5, 0.6) is 0 Å². The Bertz CT molecular complexity index is 467. The smallest absolute Gasteiger partial charge is 0.279 e. The number of nitrogens with zero attached hydrogens (tertiary/aromatic N) is 1. The fourth-order valence-electron chi connectivity index (χ4n) is 2.61. The molecule has 3 nitrogen and oxygen atoms in total. The predicted octanol–water partition coefficient (Wildman–Crippen LogP) is 4.46. The van der Waals surface area contributed by atoms with E-state index >= 15 is 0 Å². The zero-order chi connectivity index (χ0) is 14.1. The van der Waals surface area contributed by atoms with E-state index in [2.05, 4.69) is 25.4 Å². The Morgan fingerprint density at radius 1 is 1.26 bits per heavy atom. The molecule has 0 radical (unpaired) electrons. The molecule has 4 heteroatoms. The Morgan fingerprint density at radius 2 is 1.89 bits per heavy atom. The summed E-state index contributed by atoms with van der Waals surface area (Å²) in [6.45, 7) is 9.77. The summed E-state index contributed by atoms with van der Waals surface area (Å²) in [5.74, 6) is 0. The van der Waals surface area contributed by atoms with Crippen LogP contribution in [0.25, 0.3) is 0 Å². The molecule has 0 spiro atoms. The average molecular weight is 281 g/mol. The van der Waals surface area contributed by atoms with E-state index < -0.39 is 7.52 Å². The number of rotatable bonds is 2. The van der Waals surface area contributed by atoms with Gasteiger partial charge in [-0.25, -0.2) is 4.67 Å².